The molecule has 0 fully saturated rings. The first-order valence-corrected chi connectivity index (χ1v) is 19.3. The summed E-state index contributed by atoms with van der Waals surface area (Å²) in [4.78, 5) is 58.5. The highest BCUT2D eigenvalue weighted by Gasteiger charge is 2.30. The Balaban J connectivity index is 1.25. The Morgan fingerprint density at radius 2 is 1.40 bits per heavy atom. The standard InChI is InChI=1S/C46H33Cl2N3O9/c1-4-49-23-6-11-30-35(16-23)59-36-17-24(51(2)3)7-12-31(36)40(30)42-41(46(57)58)34(47)20-33(43(42)48)44(54)50-21-22-5-10-27(45(55)56)32(15-22)39-28-13-8-25(52)18-37(28)60-38-19-26(53)9-14-29(38)39/h5-20,52H,4,21H2,1-3H3,(H,50,54)(H,55,56)(H,57,58). The fourth-order valence-electron chi connectivity index (χ4n) is 7.45. The molecule has 2 aliphatic carbocycles. The Labute approximate surface area is 350 Å². The molecular formula is C46H33Cl2N3O9. The van der Waals surface area contributed by atoms with Crippen molar-refractivity contribution >= 4 is 68.7 Å². The molecule has 8 rings (SSSR count). The highest BCUT2D eigenvalue weighted by molar-refractivity contribution is 6.41. The third-order valence-electron chi connectivity index (χ3n) is 10.2. The first kappa shape index (κ1) is 39.7. The molecule has 0 aromatic heterocycles. The van der Waals surface area contributed by atoms with Gasteiger partial charge >= 0.3 is 11.9 Å². The molecule has 0 unspecified atom stereocenters. The summed E-state index contributed by atoms with van der Waals surface area (Å²) in [7, 11) is 3.76. The first-order chi connectivity index (χ1) is 28.7. The molecule has 2 heterocycles. The zero-order valence-corrected chi connectivity index (χ0v) is 33.6. The molecule has 0 atom stereocenters. The predicted molar refractivity (Wildman–Crippen MR) is 230 cm³/mol. The number of carbonyl (C=O) groups excluding carboxylic acids is 1. The number of hydrogen-bond donors (Lipinski definition) is 4. The number of nitrogens with zero attached hydrogens (tertiary/aromatic N) is 2. The van der Waals surface area contributed by atoms with Crippen LogP contribution in [0.15, 0.2) is 116 Å². The number of amides is 1. The molecule has 0 radical (unpaired) electrons. The van der Waals surface area contributed by atoms with Gasteiger partial charge in [0.15, 0.2) is 5.43 Å². The van der Waals surface area contributed by atoms with Gasteiger partial charge in [-0.3, -0.25) is 14.6 Å². The van der Waals surface area contributed by atoms with Crippen LogP contribution in [-0.2, 0) is 6.54 Å². The van der Waals surface area contributed by atoms with Crippen LogP contribution in [0.3, 0.4) is 0 Å². The molecule has 14 heteroatoms. The second kappa shape index (κ2) is 15.6. The second-order valence-corrected chi connectivity index (χ2v) is 15.0. The van der Waals surface area contributed by atoms with E-state index >= 15 is 0 Å². The minimum absolute atomic E-state index is 0.0130. The SMILES string of the molecule is CCN=c1ccc2c(-c3c(Cl)c(C(=O)NCc4ccc(C(=O)O)c(-c5c6ccc(=O)cc-6oc6cc(O)ccc56)c4)cc(Cl)c3C(=O)O)c3ccc(N(C)C)cc3oc-2c1. The molecule has 0 saturated heterocycles. The van der Waals surface area contributed by atoms with Gasteiger partial charge in [0.05, 0.1) is 32.1 Å². The maximum atomic E-state index is 14.2. The Morgan fingerprint density at radius 1 is 0.717 bits per heavy atom. The molecule has 300 valence electrons. The lowest BCUT2D eigenvalue weighted by Crippen LogP contribution is -2.24. The van der Waals surface area contributed by atoms with E-state index in [0.717, 1.165) is 5.69 Å². The number of anilines is 1. The van der Waals surface area contributed by atoms with Gasteiger partial charge in [0.2, 0.25) is 0 Å². The summed E-state index contributed by atoms with van der Waals surface area (Å²) in [6.07, 6.45) is 0. The highest BCUT2D eigenvalue weighted by Crippen LogP contribution is 2.48. The number of carboxylic acid groups (broad SMARTS) is 2. The third kappa shape index (κ3) is 7.05. The number of rotatable bonds is 9. The van der Waals surface area contributed by atoms with Crippen molar-refractivity contribution in [3.05, 3.63) is 145 Å². The van der Waals surface area contributed by atoms with E-state index in [1.807, 2.05) is 38.1 Å². The zero-order valence-electron chi connectivity index (χ0n) is 32.1. The van der Waals surface area contributed by atoms with Crippen LogP contribution in [0.1, 0.15) is 43.6 Å². The quantitative estimate of drug-likeness (QED) is 0.102. The van der Waals surface area contributed by atoms with Gasteiger partial charge < -0.3 is 34.4 Å². The maximum absolute atomic E-state index is 14.2. The van der Waals surface area contributed by atoms with E-state index in [4.69, 9.17) is 32.0 Å². The van der Waals surface area contributed by atoms with Gasteiger partial charge in [0.25, 0.3) is 5.91 Å². The number of carbonyl (C=O) groups is 3. The average Bonchev–Trinajstić information content (AvgIpc) is 3.21. The van der Waals surface area contributed by atoms with Gasteiger partial charge in [-0.05, 0) is 84.8 Å². The first-order valence-electron chi connectivity index (χ1n) is 18.5. The smallest absolute Gasteiger partial charge is 0.337 e. The van der Waals surface area contributed by atoms with Crippen molar-refractivity contribution in [2.75, 3.05) is 25.5 Å². The fourth-order valence-corrected chi connectivity index (χ4v) is 8.07. The van der Waals surface area contributed by atoms with E-state index < -0.39 is 17.8 Å². The van der Waals surface area contributed by atoms with Crippen molar-refractivity contribution in [1.82, 2.24) is 5.32 Å². The van der Waals surface area contributed by atoms with E-state index in [2.05, 4.69) is 10.3 Å². The van der Waals surface area contributed by atoms with Gasteiger partial charge in [0, 0.05) is 95.7 Å². The van der Waals surface area contributed by atoms with Gasteiger partial charge in [0.1, 0.15) is 28.4 Å². The summed E-state index contributed by atoms with van der Waals surface area (Å²) in [5.41, 5.74) is 3.19. The lowest BCUT2D eigenvalue weighted by atomic mass is 9.89. The minimum Gasteiger partial charge on any atom is -0.508 e. The molecule has 4 aromatic carbocycles. The lowest BCUT2D eigenvalue weighted by molar-refractivity contribution is 0.0687. The molecule has 4 aliphatic rings. The Kier molecular flexibility index (Phi) is 10.3. The average molecular weight is 843 g/mol. The second-order valence-electron chi connectivity index (χ2n) is 14.2. The molecule has 0 spiro atoms. The van der Waals surface area contributed by atoms with Gasteiger partial charge in [-0.1, -0.05) is 29.3 Å². The molecule has 4 aromatic rings. The van der Waals surface area contributed by atoms with E-state index in [1.54, 1.807) is 48.5 Å². The lowest BCUT2D eigenvalue weighted by Gasteiger charge is -2.21. The summed E-state index contributed by atoms with van der Waals surface area (Å²) in [6, 6.07) is 25.1. The number of halogens is 2. The highest BCUT2D eigenvalue weighted by atomic mass is 35.5. The summed E-state index contributed by atoms with van der Waals surface area (Å²) >= 11 is 13.9. The number of phenols is 1. The normalized spacial score (nSPS) is 11.8. The van der Waals surface area contributed by atoms with Crippen LogP contribution >= 0.6 is 23.2 Å². The molecule has 12 nitrogen and oxygen atoms in total. The molecule has 4 N–H and O–H groups in total. The summed E-state index contributed by atoms with van der Waals surface area (Å²) in [6.45, 7) is 2.30. The summed E-state index contributed by atoms with van der Waals surface area (Å²) < 4.78 is 12.3. The minimum atomic E-state index is -1.37. The van der Waals surface area contributed by atoms with Crippen molar-refractivity contribution < 1.29 is 38.5 Å². The molecule has 0 bridgehead atoms. The number of nitrogens with one attached hydrogen (secondary N) is 1. The van der Waals surface area contributed by atoms with Crippen LogP contribution in [0.2, 0.25) is 10.0 Å². The summed E-state index contributed by atoms with van der Waals surface area (Å²) in [5, 5.41) is 35.2. The summed E-state index contributed by atoms with van der Waals surface area (Å²) in [5.74, 6) is -2.79. The zero-order chi connectivity index (χ0) is 42.6. The van der Waals surface area contributed by atoms with Crippen LogP contribution in [0.5, 0.6) is 5.75 Å². The number of phenolic OH excluding ortho intramolecular Hbond substituents is 1. The van der Waals surface area contributed by atoms with E-state index in [9.17, 15) is 34.5 Å². The van der Waals surface area contributed by atoms with Crippen molar-refractivity contribution in [2.45, 2.75) is 13.5 Å². The number of hydrogen-bond acceptors (Lipinski definition) is 9. The van der Waals surface area contributed by atoms with Crippen LogP contribution in [0.4, 0.5) is 5.69 Å². The van der Waals surface area contributed by atoms with Crippen molar-refractivity contribution in [1.29, 1.82) is 0 Å². The molecule has 0 saturated carbocycles. The van der Waals surface area contributed by atoms with Gasteiger partial charge in [-0.2, -0.15) is 0 Å². The van der Waals surface area contributed by atoms with Crippen LogP contribution in [0, 0.1) is 0 Å². The van der Waals surface area contributed by atoms with Crippen molar-refractivity contribution in [3.8, 4) is 50.7 Å². The van der Waals surface area contributed by atoms with E-state index in [0.29, 0.717) is 61.8 Å². The number of aromatic hydroxyl groups is 1. The van der Waals surface area contributed by atoms with E-state index in [-0.39, 0.29) is 66.9 Å². The number of aromatic carboxylic acids is 2. The van der Waals surface area contributed by atoms with Crippen LogP contribution in [-0.4, -0.2) is 53.8 Å². The van der Waals surface area contributed by atoms with Crippen LogP contribution in [0.25, 0.3) is 66.8 Å². The third-order valence-corrected chi connectivity index (χ3v) is 10.9. The van der Waals surface area contributed by atoms with Crippen molar-refractivity contribution in [2.24, 2.45) is 4.99 Å². The number of carboxylic acids is 2. The predicted octanol–water partition coefficient (Wildman–Crippen LogP) is 9.41. The topological polar surface area (TPSA) is 183 Å². The maximum Gasteiger partial charge on any atom is 0.337 e. The fraction of sp³-hybridized carbons (Fsp3) is 0.109. The molecule has 2 aliphatic heterocycles. The Hall–Kier alpha value is -7.15. The van der Waals surface area contributed by atoms with Gasteiger partial charge in [-0.15, -0.1) is 0 Å². The van der Waals surface area contributed by atoms with Gasteiger partial charge in [-0.25, -0.2) is 9.59 Å². The molecule has 60 heavy (non-hydrogen) atoms. The molecule has 1 amide bonds. The number of benzene rings is 6. The van der Waals surface area contributed by atoms with Crippen LogP contribution < -0.4 is 21.0 Å². The van der Waals surface area contributed by atoms with E-state index in [1.165, 1.54) is 36.4 Å². The van der Waals surface area contributed by atoms with Crippen molar-refractivity contribution in [3.63, 3.8) is 0 Å². The Bertz CT molecular complexity index is 3170. The molecular weight excluding hydrogens is 809 g/mol. The Morgan fingerprint density at radius 3 is 2.12 bits per heavy atom. The number of fused-ring (bicyclic) bond motifs is 4. The monoisotopic (exact) mass is 841 g/mol. The largest absolute Gasteiger partial charge is 0.508 e.